The minimum absolute atomic E-state index is 0.0447. The van der Waals surface area contributed by atoms with E-state index in [1.807, 2.05) is 31.3 Å². The Kier molecular flexibility index (Phi) is 5.75. The minimum Gasteiger partial charge on any atom is -0.344 e. The number of hydrogen-bond donors (Lipinski definition) is 1. The van der Waals surface area contributed by atoms with Gasteiger partial charge in [-0.3, -0.25) is 9.48 Å². The van der Waals surface area contributed by atoms with Gasteiger partial charge >= 0.3 is 0 Å². The lowest BCUT2D eigenvalue weighted by Crippen LogP contribution is -2.30. The summed E-state index contributed by atoms with van der Waals surface area (Å²) in [7, 11) is 1.82. The molecular formula is C18H25N3O. The molecule has 0 saturated carbocycles. The van der Waals surface area contributed by atoms with Gasteiger partial charge in [0.05, 0.1) is 11.7 Å². The molecule has 1 aromatic heterocycles. The zero-order valence-corrected chi connectivity index (χ0v) is 13.7. The van der Waals surface area contributed by atoms with E-state index in [9.17, 15) is 4.79 Å². The summed E-state index contributed by atoms with van der Waals surface area (Å²) in [5.41, 5.74) is 2.75. The van der Waals surface area contributed by atoms with Crippen molar-refractivity contribution in [2.45, 2.75) is 45.6 Å². The molecule has 0 fully saturated rings. The van der Waals surface area contributed by atoms with Crippen LogP contribution in [0.25, 0.3) is 0 Å². The third-order valence-electron chi connectivity index (χ3n) is 3.75. The van der Waals surface area contributed by atoms with Crippen LogP contribution in [0.1, 0.15) is 60.9 Å². The quantitative estimate of drug-likeness (QED) is 0.848. The molecule has 1 heterocycles. The summed E-state index contributed by atoms with van der Waals surface area (Å²) >= 11 is 0. The van der Waals surface area contributed by atoms with E-state index in [1.165, 1.54) is 0 Å². The molecule has 0 aliphatic carbocycles. The van der Waals surface area contributed by atoms with Gasteiger partial charge in [-0.25, -0.2) is 0 Å². The molecule has 1 unspecified atom stereocenters. The fourth-order valence-electron chi connectivity index (χ4n) is 2.65. The molecule has 4 heteroatoms. The summed E-state index contributed by atoms with van der Waals surface area (Å²) in [4.78, 5) is 12.6. The maximum absolute atomic E-state index is 12.6. The predicted octanol–water partition coefficient (Wildman–Crippen LogP) is 3.64. The SMILES string of the molecule is CCCc1cc(C(=O)NC(CCC)c2ccccc2)n(C)n1. The Balaban J connectivity index is 2.14. The summed E-state index contributed by atoms with van der Waals surface area (Å²) < 4.78 is 1.67. The largest absolute Gasteiger partial charge is 0.344 e. The number of nitrogens with zero attached hydrogens (tertiary/aromatic N) is 2. The van der Waals surface area contributed by atoms with Gasteiger partial charge < -0.3 is 5.32 Å². The molecule has 1 aromatic carbocycles. The zero-order chi connectivity index (χ0) is 15.9. The van der Waals surface area contributed by atoms with Gasteiger partial charge in [-0.05, 0) is 24.5 Å². The van der Waals surface area contributed by atoms with Gasteiger partial charge in [0.2, 0.25) is 0 Å². The number of aromatic nitrogens is 2. The fraction of sp³-hybridized carbons (Fsp3) is 0.444. The summed E-state index contributed by atoms with van der Waals surface area (Å²) in [6.07, 6.45) is 3.88. The number of carbonyl (C=O) groups excluding carboxylic acids is 1. The van der Waals surface area contributed by atoms with E-state index < -0.39 is 0 Å². The Hall–Kier alpha value is -2.10. The van der Waals surface area contributed by atoms with Crippen molar-refractivity contribution in [2.24, 2.45) is 7.05 Å². The molecule has 2 aromatic rings. The second kappa shape index (κ2) is 7.78. The number of benzene rings is 1. The highest BCUT2D eigenvalue weighted by Crippen LogP contribution is 2.19. The molecule has 118 valence electrons. The Morgan fingerprint density at radius 2 is 1.95 bits per heavy atom. The van der Waals surface area contributed by atoms with E-state index >= 15 is 0 Å². The first-order chi connectivity index (χ1) is 10.7. The van der Waals surface area contributed by atoms with Crippen molar-refractivity contribution in [3.8, 4) is 0 Å². The van der Waals surface area contributed by atoms with E-state index in [0.29, 0.717) is 5.69 Å². The maximum atomic E-state index is 12.6. The summed E-state index contributed by atoms with van der Waals surface area (Å²) in [5, 5.41) is 7.55. The van der Waals surface area contributed by atoms with E-state index in [2.05, 4.69) is 36.4 Å². The van der Waals surface area contributed by atoms with Gasteiger partial charge in [0.15, 0.2) is 0 Å². The van der Waals surface area contributed by atoms with Crippen LogP contribution in [-0.2, 0) is 13.5 Å². The lowest BCUT2D eigenvalue weighted by atomic mass is 10.0. The first kappa shape index (κ1) is 16.3. The van der Waals surface area contributed by atoms with E-state index in [0.717, 1.165) is 36.9 Å². The van der Waals surface area contributed by atoms with Crippen molar-refractivity contribution >= 4 is 5.91 Å². The van der Waals surface area contributed by atoms with Crippen molar-refractivity contribution in [1.82, 2.24) is 15.1 Å². The second-order valence-corrected chi connectivity index (χ2v) is 5.62. The number of hydrogen-bond acceptors (Lipinski definition) is 2. The van der Waals surface area contributed by atoms with Crippen LogP contribution < -0.4 is 5.32 Å². The molecule has 0 saturated heterocycles. The van der Waals surface area contributed by atoms with Crippen LogP contribution in [0.4, 0.5) is 0 Å². The number of amides is 1. The Bertz CT molecular complexity index is 604. The predicted molar refractivity (Wildman–Crippen MR) is 88.8 cm³/mol. The highest BCUT2D eigenvalue weighted by Gasteiger charge is 2.18. The average molecular weight is 299 g/mol. The molecule has 4 nitrogen and oxygen atoms in total. The number of aryl methyl sites for hydroxylation is 2. The van der Waals surface area contributed by atoms with Crippen molar-refractivity contribution < 1.29 is 4.79 Å². The van der Waals surface area contributed by atoms with Crippen LogP contribution in [0.15, 0.2) is 36.4 Å². The maximum Gasteiger partial charge on any atom is 0.270 e. The summed E-state index contributed by atoms with van der Waals surface area (Å²) in [5.74, 6) is -0.0559. The number of nitrogens with one attached hydrogen (secondary N) is 1. The standard InChI is InChI=1S/C18H25N3O/c1-4-9-15-13-17(21(3)20-15)18(22)19-16(10-5-2)14-11-7-6-8-12-14/h6-8,11-13,16H,4-5,9-10H2,1-3H3,(H,19,22). The molecule has 1 N–H and O–H groups in total. The van der Waals surface area contributed by atoms with E-state index in [4.69, 9.17) is 0 Å². The molecule has 0 aliphatic rings. The first-order valence-corrected chi connectivity index (χ1v) is 8.04. The molecule has 0 aliphatic heterocycles. The van der Waals surface area contributed by atoms with Crippen LogP contribution in [0.3, 0.4) is 0 Å². The number of rotatable bonds is 7. The Labute approximate surface area is 132 Å². The fourth-order valence-corrected chi connectivity index (χ4v) is 2.65. The van der Waals surface area contributed by atoms with Crippen LogP contribution in [0.2, 0.25) is 0 Å². The highest BCUT2D eigenvalue weighted by atomic mass is 16.2. The second-order valence-electron chi connectivity index (χ2n) is 5.62. The molecule has 1 amide bonds. The highest BCUT2D eigenvalue weighted by molar-refractivity contribution is 5.92. The smallest absolute Gasteiger partial charge is 0.270 e. The molecule has 0 spiro atoms. The van der Waals surface area contributed by atoms with Gasteiger partial charge in [-0.15, -0.1) is 0 Å². The molecule has 0 bridgehead atoms. The van der Waals surface area contributed by atoms with E-state index in [1.54, 1.807) is 4.68 Å². The zero-order valence-electron chi connectivity index (χ0n) is 13.7. The number of carbonyl (C=O) groups is 1. The third-order valence-corrected chi connectivity index (χ3v) is 3.75. The lowest BCUT2D eigenvalue weighted by Gasteiger charge is -2.18. The summed E-state index contributed by atoms with van der Waals surface area (Å²) in [6.45, 7) is 4.24. The lowest BCUT2D eigenvalue weighted by molar-refractivity contribution is 0.0925. The van der Waals surface area contributed by atoms with Crippen LogP contribution in [0, 0.1) is 0 Å². The molecule has 1 atom stereocenters. The third kappa shape index (κ3) is 3.97. The van der Waals surface area contributed by atoms with Crippen LogP contribution in [0.5, 0.6) is 0 Å². The van der Waals surface area contributed by atoms with Gasteiger partial charge in [0.25, 0.3) is 5.91 Å². The van der Waals surface area contributed by atoms with Gasteiger partial charge in [-0.2, -0.15) is 5.10 Å². The molecular weight excluding hydrogens is 274 g/mol. The molecule has 22 heavy (non-hydrogen) atoms. The molecule has 2 rings (SSSR count). The summed E-state index contributed by atoms with van der Waals surface area (Å²) in [6, 6.07) is 12.1. The molecule has 0 radical (unpaired) electrons. The first-order valence-electron chi connectivity index (χ1n) is 8.04. The Morgan fingerprint density at radius 3 is 2.59 bits per heavy atom. The van der Waals surface area contributed by atoms with Crippen molar-refractivity contribution in [1.29, 1.82) is 0 Å². The Morgan fingerprint density at radius 1 is 1.23 bits per heavy atom. The normalized spacial score (nSPS) is 12.1. The average Bonchev–Trinajstić information content (AvgIpc) is 2.89. The van der Waals surface area contributed by atoms with Crippen molar-refractivity contribution in [3.63, 3.8) is 0 Å². The van der Waals surface area contributed by atoms with Gasteiger partial charge in [0, 0.05) is 7.05 Å². The van der Waals surface area contributed by atoms with Crippen LogP contribution >= 0.6 is 0 Å². The van der Waals surface area contributed by atoms with E-state index in [-0.39, 0.29) is 11.9 Å². The van der Waals surface area contributed by atoms with Crippen LogP contribution in [-0.4, -0.2) is 15.7 Å². The van der Waals surface area contributed by atoms with Crippen molar-refractivity contribution in [2.75, 3.05) is 0 Å². The minimum atomic E-state index is -0.0559. The topological polar surface area (TPSA) is 46.9 Å². The van der Waals surface area contributed by atoms with Gasteiger partial charge in [-0.1, -0.05) is 57.0 Å². The monoisotopic (exact) mass is 299 g/mol. The van der Waals surface area contributed by atoms with Crippen molar-refractivity contribution in [3.05, 3.63) is 53.3 Å². The van der Waals surface area contributed by atoms with Gasteiger partial charge in [0.1, 0.15) is 5.69 Å².